The van der Waals surface area contributed by atoms with Gasteiger partial charge in [-0.15, -0.1) is 0 Å². The van der Waals surface area contributed by atoms with Gasteiger partial charge in [0, 0.05) is 18.9 Å². The zero-order valence-corrected chi connectivity index (χ0v) is 11.9. The molecule has 2 fully saturated rings. The van der Waals surface area contributed by atoms with Gasteiger partial charge in [0.25, 0.3) is 0 Å². The van der Waals surface area contributed by atoms with Crippen molar-refractivity contribution in [1.29, 1.82) is 0 Å². The molecule has 2 saturated carbocycles. The fraction of sp³-hybridized carbons (Fsp3) is 0.529. The molecule has 1 heterocycles. The van der Waals surface area contributed by atoms with E-state index in [4.69, 9.17) is 0 Å². The van der Waals surface area contributed by atoms with Gasteiger partial charge in [0.1, 0.15) is 6.04 Å². The van der Waals surface area contributed by atoms with E-state index in [-0.39, 0.29) is 11.8 Å². The van der Waals surface area contributed by atoms with E-state index in [1.807, 2.05) is 24.3 Å². The van der Waals surface area contributed by atoms with Gasteiger partial charge in [0.15, 0.2) is 0 Å². The molecule has 1 N–H and O–H groups in total. The van der Waals surface area contributed by atoms with E-state index in [1.54, 1.807) is 4.90 Å². The summed E-state index contributed by atoms with van der Waals surface area (Å²) in [6.07, 6.45) is 3.89. The summed E-state index contributed by atoms with van der Waals surface area (Å²) in [5, 5.41) is 9.48. The summed E-state index contributed by atoms with van der Waals surface area (Å²) in [4.78, 5) is 25.9. The quantitative estimate of drug-likeness (QED) is 0.925. The molecule has 0 saturated heterocycles. The molecule has 1 amide bonds. The summed E-state index contributed by atoms with van der Waals surface area (Å²) in [6, 6.07) is 7.15. The second-order valence-electron chi connectivity index (χ2n) is 6.64. The number of carbonyl (C=O) groups excluding carboxylic acids is 1. The molecule has 0 radical (unpaired) electrons. The van der Waals surface area contributed by atoms with Gasteiger partial charge >= 0.3 is 5.97 Å². The zero-order valence-electron chi connectivity index (χ0n) is 11.9. The van der Waals surface area contributed by atoms with Crippen LogP contribution >= 0.6 is 0 Å². The maximum Gasteiger partial charge on any atom is 0.326 e. The van der Waals surface area contributed by atoms with Crippen LogP contribution in [-0.4, -0.2) is 27.9 Å². The Bertz CT molecular complexity index is 608. The number of carbonyl (C=O) groups is 2. The average molecular weight is 285 g/mol. The van der Waals surface area contributed by atoms with Crippen LogP contribution in [0.2, 0.25) is 0 Å². The van der Waals surface area contributed by atoms with Gasteiger partial charge in [-0.25, -0.2) is 4.79 Å². The molecule has 0 bridgehead atoms. The molecule has 2 aliphatic carbocycles. The minimum absolute atomic E-state index is 0.0637. The first kappa shape index (κ1) is 12.9. The smallest absolute Gasteiger partial charge is 0.326 e. The first-order valence-corrected chi connectivity index (χ1v) is 7.75. The van der Waals surface area contributed by atoms with Crippen molar-refractivity contribution in [2.75, 3.05) is 0 Å². The van der Waals surface area contributed by atoms with Crippen LogP contribution in [0.1, 0.15) is 30.4 Å². The topological polar surface area (TPSA) is 57.6 Å². The fourth-order valence-electron chi connectivity index (χ4n) is 3.73. The number of hydrogen-bond donors (Lipinski definition) is 1. The van der Waals surface area contributed by atoms with Crippen LogP contribution in [0.3, 0.4) is 0 Å². The van der Waals surface area contributed by atoms with E-state index >= 15 is 0 Å². The van der Waals surface area contributed by atoms with E-state index in [1.165, 1.54) is 12.8 Å². The summed E-state index contributed by atoms with van der Waals surface area (Å²) in [5.41, 5.74) is 2.15. The maximum absolute atomic E-state index is 12.7. The van der Waals surface area contributed by atoms with E-state index in [0.717, 1.165) is 23.5 Å². The monoisotopic (exact) mass is 285 g/mol. The summed E-state index contributed by atoms with van der Waals surface area (Å²) < 4.78 is 0. The normalized spacial score (nSPS) is 30.7. The molecule has 0 spiro atoms. The number of benzene rings is 1. The molecule has 21 heavy (non-hydrogen) atoms. The third-order valence-corrected chi connectivity index (χ3v) is 5.20. The molecular formula is C17H19NO3. The van der Waals surface area contributed by atoms with Crippen LogP contribution in [0.15, 0.2) is 24.3 Å². The van der Waals surface area contributed by atoms with Gasteiger partial charge in [-0.2, -0.15) is 0 Å². The van der Waals surface area contributed by atoms with E-state index in [0.29, 0.717) is 18.9 Å². The Labute approximate surface area is 123 Å². The molecule has 3 unspecified atom stereocenters. The predicted molar refractivity (Wildman–Crippen MR) is 76.4 cm³/mol. The Morgan fingerprint density at radius 2 is 1.86 bits per heavy atom. The van der Waals surface area contributed by atoms with E-state index in [2.05, 4.69) is 0 Å². The highest BCUT2D eigenvalue weighted by Gasteiger charge is 2.53. The van der Waals surface area contributed by atoms with Crippen molar-refractivity contribution in [2.24, 2.45) is 17.8 Å². The van der Waals surface area contributed by atoms with Crippen LogP contribution < -0.4 is 0 Å². The van der Waals surface area contributed by atoms with Crippen molar-refractivity contribution in [3.05, 3.63) is 35.4 Å². The van der Waals surface area contributed by atoms with Crippen molar-refractivity contribution in [2.45, 2.75) is 38.3 Å². The van der Waals surface area contributed by atoms with Crippen LogP contribution in [0.25, 0.3) is 0 Å². The second-order valence-corrected chi connectivity index (χ2v) is 6.64. The molecule has 1 aliphatic heterocycles. The fourth-order valence-corrected chi connectivity index (χ4v) is 3.73. The lowest BCUT2D eigenvalue weighted by Crippen LogP contribution is -2.49. The standard InChI is InChI=1S/C17H19NO3/c19-16(14-8-13(14)10-5-6-10)18-9-12-4-2-1-3-11(12)7-15(18)17(20)21/h1-4,10,13-15H,5-9H2,(H,20,21). The van der Waals surface area contributed by atoms with Crippen molar-refractivity contribution in [3.8, 4) is 0 Å². The average Bonchev–Trinajstić information content (AvgIpc) is 3.36. The minimum atomic E-state index is -0.888. The SMILES string of the molecule is O=C(O)C1Cc2ccccc2CN1C(=O)C1CC1C1CC1. The summed E-state index contributed by atoms with van der Waals surface area (Å²) in [6.45, 7) is 0.444. The first-order chi connectivity index (χ1) is 10.1. The van der Waals surface area contributed by atoms with Crippen molar-refractivity contribution < 1.29 is 14.7 Å². The Morgan fingerprint density at radius 1 is 1.14 bits per heavy atom. The molecule has 1 aromatic carbocycles. The molecule has 4 rings (SSSR count). The lowest BCUT2D eigenvalue weighted by atomic mass is 9.93. The second kappa shape index (κ2) is 4.58. The maximum atomic E-state index is 12.7. The Hall–Kier alpha value is -1.84. The van der Waals surface area contributed by atoms with Crippen LogP contribution in [-0.2, 0) is 22.6 Å². The number of rotatable bonds is 3. The number of hydrogen-bond acceptors (Lipinski definition) is 2. The number of fused-ring (bicyclic) bond motifs is 1. The molecule has 0 aromatic heterocycles. The Kier molecular flexibility index (Phi) is 2.81. The van der Waals surface area contributed by atoms with Gasteiger partial charge in [0.05, 0.1) is 0 Å². The highest BCUT2D eigenvalue weighted by molar-refractivity contribution is 5.87. The van der Waals surface area contributed by atoms with Gasteiger partial charge in [0.2, 0.25) is 5.91 Å². The van der Waals surface area contributed by atoms with Gasteiger partial charge < -0.3 is 10.0 Å². The van der Waals surface area contributed by atoms with E-state index < -0.39 is 12.0 Å². The predicted octanol–water partition coefficient (Wildman–Crippen LogP) is 2.07. The largest absolute Gasteiger partial charge is 0.480 e. The van der Waals surface area contributed by atoms with E-state index in [9.17, 15) is 14.7 Å². The number of carboxylic acid groups (broad SMARTS) is 1. The Balaban J connectivity index is 1.57. The molecule has 110 valence electrons. The summed E-state index contributed by atoms with van der Waals surface area (Å²) >= 11 is 0. The molecule has 1 aromatic rings. The molecule has 3 aliphatic rings. The highest BCUT2D eigenvalue weighted by atomic mass is 16.4. The lowest BCUT2D eigenvalue weighted by Gasteiger charge is -2.34. The summed E-state index contributed by atoms with van der Waals surface area (Å²) in [7, 11) is 0. The zero-order chi connectivity index (χ0) is 14.6. The molecule has 3 atom stereocenters. The van der Waals surface area contributed by atoms with Gasteiger partial charge in [-0.3, -0.25) is 4.79 Å². The highest BCUT2D eigenvalue weighted by Crippen LogP contribution is 2.55. The Morgan fingerprint density at radius 3 is 2.52 bits per heavy atom. The third kappa shape index (κ3) is 2.23. The lowest BCUT2D eigenvalue weighted by molar-refractivity contribution is -0.152. The molecular weight excluding hydrogens is 266 g/mol. The van der Waals surface area contributed by atoms with Crippen LogP contribution in [0.5, 0.6) is 0 Å². The van der Waals surface area contributed by atoms with Crippen molar-refractivity contribution in [3.63, 3.8) is 0 Å². The molecule has 4 nitrogen and oxygen atoms in total. The van der Waals surface area contributed by atoms with Gasteiger partial charge in [-0.1, -0.05) is 24.3 Å². The number of aliphatic carboxylic acids is 1. The van der Waals surface area contributed by atoms with Crippen LogP contribution in [0.4, 0.5) is 0 Å². The van der Waals surface area contributed by atoms with Crippen molar-refractivity contribution >= 4 is 11.9 Å². The molecule has 4 heteroatoms. The number of carboxylic acids is 1. The van der Waals surface area contributed by atoms with Crippen molar-refractivity contribution in [1.82, 2.24) is 4.90 Å². The first-order valence-electron chi connectivity index (χ1n) is 7.75. The van der Waals surface area contributed by atoms with Gasteiger partial charge in [-0.05, 0) is 42.2 Å². The number of amides is 1. The van der Waals surface area contributed by atoms with Crippen LogP contribution in [0, 0.1) is 17.8 Å². The minimum Gasteiger partial charge on any atom is -0.480 e. The summed E-state index contributed by atoms with van der Waals surface area (Å²) in [5.74, 6) is 0.531. The third-order valence-electron chi connectivity index (χ3n) is 5.20. The number of nitrogens with zero attached hydrogens (tertiary/aromatic N) is 1.